The Morgan fingerprint density at radius 2 is 2.00 bits per heavy atom. The summed E-state index contributed by atoms with van der Waals surface area (Å²) in [5.74, 6) is 2.40. The minimum atomic E-state index is -0.305. The molecule has 3 aliphatic rings. The SMILES string of the molecule is CN=C(NCCN1C(=O)CNC1=O)NC1CCC2CCCCC2C1. The summed E-state index contributed by atoms with van der Waals surface area (Å²) in [4.78, 5) is 28.6. The first-order chi connectivity index (χ1) is 11.7. The molecule has 3 atom stereocenters. The van der Waals surface area contributed by atoms with E-state index in [9.17, 15) is 9.59 Å². The highest BCUT2D eigenvalue weighted by atomic mass is 16.2. The van der Waals surface area contributed by atoms with Crippen LogP contribution in [0.15, 0.2) is 4.99 Å². The van der Waals surface area contributed by atoms with Crippen LogP contribution in [0.3, 0.4) is 0 Å². The number of amides is 3. The third kappa shape index (κ3) is 3.99. The molecule has 134 valence electrons. The van der Waals surface area contributed by atoms with Crippen LogP contribution in [0.2, 0.25) is 0 Å². The molecule has 0 aromatic heterocycles. The molecule has 24 heavy (non-hydrogen) atoms. The second kappa shape index (κ2) is 7.85. The van der Waals surface area contributed by atoms with E-state index in [0.717, 1.165) is 17.8 Å². The van der Waals surface area contributed by atoms with Crippen molar-refractivity contribution in [2.45, 2.75) is 51.0 Å². The summed E-state index contributed by atoms with van der Waals surface area (Å²) in [5.41, 5.74) is 0. The summed E-state index contributed by atoms with van der Waals surface area (Å²) in [6.07, 6.45) is 9.34. The second-order valence-electron chi connectivity index (χ2n) is 7.16. The number of nitrogens with zero attached hydrogens (tertiary/aromatic N) is 2. The van der Waals surface area contributed by atoms with E-state index in [1.807, 2.05) is 0 Å². The number of rotatable bonds is 4. The Morgan fingerprint density at radius 1 is 1.21 bits per heavy atom. The van der Waals surface area contributed by atoms with Crippen LogP contribution in [-0.4, -0.2) is 55.5 Å². The average molecular weight is 335 g/mol. The molecule has 3 fully saturated rings. The molecule has 0 bridgehead atoms. The molecular formula is C17H29N5O2. The second-order valence-corrected chi connectivity index (χ2v) is 7.16. The van der Waals surface area contributed by atoms with Gasteiger partial charge in [-0.1, -0.05) is 25.7 Å². The predicted molar refractivity (Wildman–Crippen MR) is 92.7 cm³/mol. The summed E-state index contributed by atoms with van der Waals surface area (Å²) < 4.78 is 0. The highest BCUT2D eigenvalue weighted by Crippen LogP contribution is 2.40. The molecule has 7 nitrogen and oxygen atoms in total. The molecule has 0 radical (unpaired) electrons. The monoisotopic (exact) mass is 335 g/mol. The van der Waals surface area contributed by atoms with Gasteiger partial charge in [-0.2, -0.15) is 0 Å². The lowest BCUT2D eigenvalue weighted by atomic mass is 9.69. The van der Waals surface area contributed by atoms with Crippen LogP contribution in [0.25, 0.3) is 0 Å². The number of urea groups is 1. The van der Waals surface area contributed by atoms with Crippen molar-refractivity contribution in [3.8, 4) is 0 Å². The van der Waals surface area contributed by atoms with Crippen molar-refractivity contribution in [3.63, 3.8) is 0 Å². The lowest BCUT2D eigenvalue weighted by Crippen LogP contribution is -2.48. The smallest absolute Gasteiger partial charge is 0.324 e. The lowest BCUT2D eigenvalue weighted by Gasteiger charge is -2.39. The fourth-order valence-electron chi connectivity index (χ4n) is 4.36. The number of hydrogen-bond acceptors (Lipinski definition) is 3. The van der Waals surface area contributed by atoms with Crippen LogP contribution >= 0.6 is 0 Å². The van der Waals surface area contributed by atoms with Crippen LogP contribution in [0.4, 0.5) is 4.79 Å². The minimum absolute atomic E-state index is 0.108. The Kier molecular flexibility index (Phi) is 5.58. The van der Waals surface area contributed by atoms with Crippen LogP contribution < -0.4 is 16.0 Å². The highest BCUT2D eigenvalue weighted by molar-refractivity contribution is 6.01. The quantitative estimate of drug-likeness (QED) is 0.407. The first-order valence-electron chi connectivity index (χ1n) is 9.22. The van der Waals surface area contributed by atoms with E-state index >= 15 is 0 Å². The molecule has 3 unspecified atom stereocenters. The van der Waals surface area contributed by atoms with Gasteiger partial charge in [0.1, 0.15) is 0 Å². The van der Waals surface area contributed by atoms with Crippen molar-refractivity contribution in [2.24, 2.45) is 16.8 Å². The number of aliphatic imine (C=N–C) groups is 1. The van der Waals surface area contributed by atoms with Crippen molar-refractivity contribution < 1.29 is 9.59 Å². The van der Waals surface area contributed by atoms with E-state index in [2.05, 4.69) is 20.9 Å². The van der Waals surface area contributed by atoms with Gasteiger partial charge in [0.15, 0.2) is 5.96 Å². The van der Waals surface area contributed by atoms with Gasteiger partial charge in [-0.3, -0.25) is 14.7 Å². The molecule has 2 saturated carbocycles. The molecule has 1 heterocycles. The Balaban J connectivity index is 1.42. The van der Waals surface area contributed by atoms with Crippen molar-refractivity contribution in [2.75, 3.05) is 26.7 Å². The van der Waals surface area contributed by atoms with Gasteiger partial charge in [0, 0.05) is 26.2 Å². The van der Waals surface area contributed by atoms with Gasteiger partial charge < -0.3 is 16.0 Å². The van der Waals surface area contributed by atoms with Gasteiger partial charge in [-0.15, -0.1) is 0 Å². The molecule has 3 rings (SSSR count). The van der Waals surface area contributed by atoms with Gasteiger partial charge in [0.25, 0.3) is 0 Å². The standard InChI is InChI=1S/C17H29N5O2/c1-18-16(19-8-9-22-15(23)11-20-17(22)24)21-14-7-6-12-4-2-3-5-13(12)10-14/h12-14H,2-11H2,1H3,(H,20,24)(H2,18,19,21). The maximum atomic E-state index is 11.5. The molecule has 3 N–H and O–H groups in total. The van der Waals surface area contributed by atoms with E-state index in [1.54, 1.807) is 7.05 Å². The zero-order valence-electron chi connectivity index (χ0n) is 14.5. The molecule has 1 aliphatic heterocycles. The van der Waals surface area contributed by atoms with E-state index in [-0.39, 0.29) is 18.5 Å². The molecule has 1 saturated heterocycles. The molecule has 0 aromatic rings. The fraction of sp³-hybridized carbons (Fsp3) is 0.824. The number of fused-ring (bicyclic) bond motifs is 1. The molecule has 0 aromatic carbocycles. The molecule has 2 aliphatic carbocycles. The zero-order chi connectivity index (χ0) is 16.9. The number of carbonyl (C=O) groups excluding carboxylic acids is 2. The van der Waals surface area contributed by atoms with Gasteiger partial charge in [0.2, 0.25) is 5.91 Å². The minimum Gasteiger partial charge on any atom is -0.355 e. The summed E-state index contributed by atoms with van der Waals surface area (Å²) in [5, 5.41) is 9.27. The van der Waals surface area contributed by atoms with Crippen LogP contribution in [0.5, 0.6) is 0 Å². The van der Waals surface area contributed by atoms with Gasteiger partial charge in [0.05, 0.1) is 6.54 Å². The summed E-state index contributed by atoms with van der Waals surface area (Å²) in [6, 6.07) is 0.174. The summed E-state index contributed by atoms with van der Waals surface area (Å²) in [6.45, 7) is 0.981. The first kappa shape index (κ1) is 17.0. The summed E-state index contributed by atoms with van der Waals surface area (Å²) >= 11 is 0. The summed E-state index contributed by atoms with van der Waals surface area (Å²) in [7, 11) is 1.76. The van der Waals surface area contributed by atoms with E-state index in [4.69, 9.17) is 0 Å². The fourth-order valence-corrected chi connectivity index (χ4v) is 4.36. The highest BCUT2D eigenvalue weighted by Gasteiger charge is 2.32. The number of imide groups is 1. The number of carbonyl (C=O) groups is 2. The largest absolute Gasteiger partial charge is 0.355 e. The third-order valence-corrected chi connectivity index (χ3v) is 5.67. The van der Waals surface area contributed by atoms with Gasteiger partial charge >= 0.3 is 6.03 Å². The van der Waals surface area contributed by atoms with Crippen molar-refractivity contribution in [1.82, 2.24) is 20.9 Å². The zero-order valence-corrected chi connectivity index (χ0v) is 14.5. The lowest BCUT2D eigenvalue weighted by molar-refractivity contribution is -0.124. The third-order valence-electron chi connectivity index (χ3n) is 5.67. The Bertz CT molecular complexity index is 491. The number of hydrogen-bond donors (Lipinski definition) is 3. The van der Waals surface area contributed by atoms with E-state index in [0.29, 0.717) is 19.1 Å². The Hall–Kier alpha value is -1.79. The predicted octanol–water partition coefficient (Wildman–Crippen LogP) is 1.06. The maximum Gasteiger partial charge on any atom is 0.324 e. The normalized spacial score (nSPS) is 30.8. The average Bonchev–Trinajstić information content (AvgIpc) is 2.92. The topological polar surface area (TPSA) is 85.8 Å². The van der Waals surface area contributed by atoms with Crippen LogP contribution in [0, 0.1) is 11.8 Å². The molecule has 3 amide bonds. The van der Waals surface area contributed by atoms with Crippen molar-refractivity contribution >= 4 is 17.9 Å². The Labute approximate surface area is 143 Å². The van der Waals surface area contributed by atoms with E-state index in [1.165, 1.54) is 49.8 Å². The van der Waals surface area contributed by atoms with Crippen LogP contribution in [0.1, 0.15) is 44.9 Å². The molecule has 7 heteroatoms. The molecule has 0 spiro atoms. The van der Waals surface area contributed by atoms with Gasteiger partial charge in [-0.05, 0) is 31.1 Å². The molecular weight excluding hydrogens is 306 g/mol. The first-order valence-corrected chi connectivity index (χ1v) is 9.22. The number of guanidine groups is 1. The van der Waals surface area contributed by atoms with Gasteiger partial charge in [-0.25, -0.2) is 4.79 Å². The Morgan fingerprint density at radius 3 is 2.71 bits per heavy atom. The van der Waals surface area contributed by atoms with Crippen molar-refractivity contribution in [1.29, 1.82) is 0 Å². The maximum absolute atomic E-state index is 11.5. The number of nitrogens with one attached hydrogen (secondary N) is 3. The van der Waals surface area contributed by atoms with Crippen LogP contribution in [-0.2, 0) is 4.79 Å². The van der Waals surface area contributed by atoms with Crippen molar-refractivity contribution in [3.05, 3.63) is 0 Å². The van der Waals surface area contributed by atoms with E-state index < -0.39 is 0 Å².